The van der Waals surface area contributed by atoms with Crippen molar-refractivity contribution in [1.82, 2.24) is 15.3 Å². The first-order chi connectivity index (χ1) is 8.60. The Morgan fingerprint density at radius 2 is 2.33 bits per heavy atom. The van der Waals surface area contributed by atoms with Gasteiger partial charge >= 0.3 is 0 Å². The van der Waals surface area contributed by atoms with Crippen LogP contribution in [0.4, 0.5) is 5.82 Å². The Kier molecular flexibility index (Phi) is 3.42. The van der Waals surface area contributed by atoms with Gasteiger partial charge in [0, 0.05) is 6.04 Å². The van der Waals surface area contributed by atoms with Crippen LogP contribution in [0.2, 0.25) is 0 Å². The molecule has 1 saturated carbocycles. The normalized spacial score (nSPS) is 15.6. The van der Waals surface area contributed by atoms with Gasteiger partial charge in [0.15, 0.2) is 0 Å². The molecule has 2 rings (SSSR count). The van der Waals surface area contributed by atoms with Crippen LogP contribution in [0.1, 0.15) is 31.2 Å². The van der Waals surface area contributed by atoms with Crippen LogP contribution >= 0.6 is 0 Å². The lowest BCUT2D eigenvalue weighted by molar-refractivity contribution is -0.121. The molecule has 0 bridgehead atoms. The molecule has 0 aliphatic heterocycles. The van der Waals surface area contributed by atoms with Gasteiger partial charge in [0.05, 0.1) is 6.20 Å². The first-order valence-corrected chi connectivity index (χ1v) is 5.91. The lowest BCUT2D eigenvalue weighted by Crippen LogP contribution is -2.39. The standard InChI is InChI=1S/C12H15N5O/c1-7(12(18)17-10-3-4-10)15-11-9(5-13)6-14-8(2)16-11/h6-7,10H,3-4H2,1-2H3,(H,17,18)(H,14,15,16). The second-order valence-corrected chi connectivity index (χ2v) is 4.44. The third kappa shape index (κ3) is 2.94. The van der Waals surface area contributed by atoms with E-state index in [-0.39, 0.29) is 5.91 Å². The molecule has 1 heterocycles. The number of anilines is 1. The summed E-state index contributed by atoms with van der Waals surface area (Å²) in [6.07, 6.45) is 3.55. The molecule has 0 radical (unpaired) electrons. The van der Waals surface area contributed by atoms with E-state index in [1.807, 2.05) is 6.07 Å². The first kappa shape index (κ1) is 12.3. The molecule has 1 aliphatic carbocycles. The summed E-state index contributed by atoms with van der Waals surface area (Å²) in [6, 6.07) is 1.90. The van der Waals surface area contributed by atoms with Gasteiger partial charge in [-0.15, -0.1) is 0 Å². The molecule has 18 heavy (non-hydrogen) atoms. The summed E-state index contributed by atoms with van der Waals surface area (Å²) in [5.74, 6) is 0.896. The van der Waals surface area contributed by atoms with Crippen molar-refractivity contribution in [3.8, 4) is 6.07 Å². The molecule has 1 aromatic rings. The Hall–Kier alpha value is -2.16. The number of amides is 1. The summed E-state index contributed by atoms with van der Waals surface area (Å²) >= 11 is 0. The summed E-state index contributed by atoms with van der Waals surface area (Å²) in [5, 5.41) is 14.8. The van der Waals surface area contributed by atoms with Crippen molar-refractivity contribution in [2.75, 3.05) is 5.32 Å². The van der Waals surface area contributed by atoms with Crippen LogP contribution in [-0.4, -0.2) is 28.0 Å². The van der Waals surface area contributed by atoms with E-state index in [1.54, 1.807) is 13.8 Å². The quantitative estimate of drug-likeness (QED) is 0.816. The number of carbonyl (C=O) groups excluding carboxylic acids is 1. The SMILES string of the molecule is Cc1ncc(C#N)c(NC(C)C(=O)NC2CC2)n1. The van der Waals surface area contributed by atoms with Crippen LogP contribution in [0.25, 0.3) is 0 Å². The zero-order valence-corrected chi connectivity index (χ0v) is 10.4. The molecular weight excluding hydrogens is 230 g/mol. The van der Waals surface area contributed by atoms with Crippen LogP contribution in [0, 0.1) is 18.3 Å². The van der Waals surface area contributed by atoms with Crippen LogP contribution in [0.3, 0.4) is 0 Å². The Bertz CT molecular complexity index is 504. The maximum Gasteiger partial charge on any atom is 0.242 e. The van der Waals surface area contributed by atoms with Gasteiger partial charge in [-0.2, -0.15) is 5.26 Å². The fraction of sp³-hybridized carbons (Fsp3) is 0.500. The topological polar surface area (TPSA) is 90.7 Å². The zero-order chi connectivity index (χ0) is 13.1. The van der Waals surface area contributed by atoms with E-state index in [9.17, 15) is 4.79 Å². The van der Waals surface area contributed by atoms with E-state index in [1.165, 1.54) is 6.20 Å². The monoisotopic (exact) mass is 245 g/mol. The summed E-state index contributed by atoms with van der Waals surface area (Å²) in [4.78, 5) is 19.9. The minimum absolute atomic E-state index is 0.0716. The fourth-order valence-electron chi connectivity index (χ4n) is 1.49. The maximum atomic E-state index is 11.8. The van der Waals surface area contributed by atoms with Gasteiger partial charge in [-0.25, -0.2) is 9.97 Å². The minimum Gasteiger partial charge on any atom is -0.357 e. The number of nitriles is 1. The molecule has 6 nitrogen and oxygen atoms in total. The van der Waals surface area contributed by atoms with Crippen LogP contribution < -0.4 is 10.6 Å². The van der Waals surface area contributed by atoms with Gasteiger partial charge in [-0.05, 0) is 26.7 Å². The number of nitrogens with zero attached hydrogens (tertiary/aromatic N) is 3. The number of aromatic nitrogens is 2. The number of nitrogens with one attached hydrogen (secondary N) is 2. The predicted molar refractivity (Wildman–Crippen MR) is 65.7 cm³/mol. The zero-order valence-electron chi connectivity index (χ0n) is 10.4. The van der Waals surface area contributed by atoms with E-state index in [0.29, 0.717) is 23.2 Å². The van der Waals surface area contributed by atoms with E-state index >= 15 is 0 Å². The largest absolute Gasteiger partial charge is 0.357 e. The molecular formula is C12H15N5O. The Labute approximate surface area is 105 Å². The second kappa shape index (κ2) is 5.00. The molecule has 1 unspecified atom stereocenters. The van der Waals surface area contributed by atoms with Crippen LogP contribution in [0.5, 0.6) is 0 Å². The highest BCUT2D eigenvalue weighted by molar-refractivity contribution is 5.84. The summed E-state index contributed by atoms with van der Waals surface area (Å²) < 4.78 is 0. The van der Waals surface area contributed by atoms with Crippen LogP contribution in [0.15, 0.2) is 6.20 Å². The van der Waals surface area contributed by atoms with Gasteiger partial charge in [0.2, 0.25) is 5.91 Å². The molecule has 1 aliphatic rings. The number of hydrogen-bond acceptors (Lipinski definition) is 5. The van der Waals surface area contributed by atoms with E-state index in [0.717, 1.165) is 12.8 Å². The molecule has 0 saturated heterocycles. The Morgan fingerprint density at radius 1 is 1.61 bits per heavy atom. The number of aryl methyl sites for hydroxylation is 1. The molecule has 94 valence electrons. The first-order valence-electron chi connectivity index (χ1n) is 5.91. The van der Waals surface area contributed by atoms with E-state index < -0.39 is 6.04 Å². The van der Waals surface area contributed by atoms with Crippen molar-refractivity contribution in [2.24, 2.45) is 0 Å². The van der Waals surface area contributed by atoms with Gasteiger partial charge in [-0.1, -0.05) is 0 Å². The molecule has 1 amide bonds. The Morgan fingerprint density at radius 3 is 2.94 bits per heavy atom. The fourth-order valence-corrected chi connectivity index (χ4v) is 1.49. The van der Waals surface area contributed by atoms with E-state index in [4.69, 9.17) is 5.26 Å². The molecule has 0 aromatic carbocycles. The second-order valence-electron chi connectivity index (χ2n) is 4.44. The van der Waals surface area contributed by atoms with Crippen molar-refractivity contribution in [3.63, 3.8) is 0 Å². The van der Waals surface area contributed by atoms with Crippen molar-refractivity contribution in [3.05, 3.63) is 17.6 Å². The smallest absolute Gasteiger partial charge is 0.242 e. The highest BCUT2D eigenvalue weighted by Crippen LogP contribution is 2.19. The summed E-state index contributed by atoms with van der Waals surface area (Å²) in [7, 11) is 0. The number of rotatable bonds is 4. The summed E-state index contributed by atoms with van der Waals surface area (Å²) in [5.41, 5.74) is 0.340. The third-order valence-corrected chi connectivity index (χ3v) is 2.70. The number of hydrogen-bond donors (Lipinski definition) is 2. The minimum atomic E-state index is -0.424. The highest BCUT2D eigenvalue weighted by atomic mass is 16.2. The molecule has 6 heteroatoms. The average Bonchev–Trinajstić information content (AvgIpc) is 3.13. The van der Waals surface area contributed by atoms with Gasteiger partial charge < -0.3 is 10.6 Å². The van der Waals surface area contributed by atoms with Gasteiger partial charge in [-0.3, -0.25) is 4.79 Å². The summed E-state index contributed by atoms with van der Waals surface area (Å²) in [6.45, 7) is 3.48. The van der Waals surface area contributed by atoms with Crippen LogP contribution in [-0.2, 0) is 4.79 Å². The van der Waals surface area contributed by atoms with Gasteiger partial charge in [0.25, 0.3) is 0 Å². The Balaban J connectivity index is 2.05. The molecule has 1 fully saturated rings. The molecule has 1 aromatic heterocycles. The van der Waals surface area contributed by atoms with Crippen molar-refractivity contribution < 1.29 is 4.79 Å². The highest BCUT2D eigenvalue weighted by Gasteiger charge is 2.26. The van der Waals surface area contributed by atoms with Gasteiger partial charge in [0.1, 0.15) is 29.3 Å². The lowest BCUT2D eigenvalue weighted by atomic mass is 10.2. The molecule has 0 spiro atoms. The van der Waals surface area contributed by atoms with Crippen molar-refractivity contribution in [2.45, 2.75) is 38.8 Å². The van der Waals surface area contributed by atoms with E-state index in [2.05, 4.69) is 20.6 Å². The average molecular weight is 245 g/mol. The molecule has 1 atom stereocenters. The van der Waals surface area contributed by atoms with Crippen molar-refractivity contribution >= 4 is 11.7 Å². The molecule has 2 N–H and O–H groups in total. The predicted octanol–water partition coefficient (Wildman–Crippen LogP) is 0.736. The lowest BCUT2D eigenvalue weighted by Gasteiger charge is -2.15. The number of carbonyl (C=O) groups is 1. The maximum absolute atomic E-state index is 11.8. The van der Waals surface area contributed by atoms with Crippen molar-refractivity contribution in [1.29, 1.82) is 5.26 Å². The third-order valence-electron chi connectivity index (χ3n) is 2.70.